The molecule has 0 fully saturated rings. The summed E-state index contributed by atoms with van der Waals surface area (Å²) in [7, 11) is 0. The van der Waals surface area contributed by atoms with Gasteiger partial charge in [0.25, 0.3) is 5.91 Å². The molecule has 0 saturated carbocycles. The topological polar surface area (TPSA) is 58.6 Å². The summed E-state index contributed by atoms with van der Waals surface area (Å²) in [6, 6.07) is 15.2. The highest BCUT2D eigenvalue weighted by atomic mass is 16.5. The minimum atomic E-state index is -0.539. The minimum absolute atomic E-state index is 0.103. The van der Waals surface area contributed by atoms with Crippen molar-refractivity contribution < 1.29 is 14.3 Å². The predicted molar refractivity (Wildman–Crippen MR) is 130 cm³/mol. The molecule has 5 heteroatoms. The average molecular weight is 439 g/mol. The van der Waals surface area contributed by atoms with Crippen LogP contribution in [-0.2, 0) is 16.1 Å². The molecule has 0 aliphatic rings. The van der Waals surface area contributed by atoms with Gasteiger partial charge in [-0.3, -0.25) is 9.59 Å². The molecule has 0 saturated heterocycles. The lowest BCUT2D eigenvalue weighted by atomic mass is 10.0. The third-order valence-electron chi connectivity index (χ3n) is 5.71. The molecule has 2 aromatic rings. The summed E-state index contributed by atoms with van der Waals surface area (Å²) in [6.07, 6.45) is 2.47. The van der Waals surface area contributed by atoms with Crippen LogP contribution in [-0.4, -0.2) is 35.9 Å². The van der Waals surface area contributed by atoms with Gasteiger partial charge < -0.3 is 15.0 Å². The van der Waals surface area contributed by atoms with Gasteiger partial charge in [0.15, 0.2) is 6.61 Å². The van der Waals surface area contributed by atoms with Gasteiger partial charge in [-0.2, -0.15) is 0 Å². The van der Waals surface area contributed by atoms with Gasteiger partial charge in [-0.1, -0.05) is 76.6 Å². The van der Waals surface area contributed by atoms with Gasteiger partial charge in [-0.25, -0.2) is 0 Å². The molecule has 0 aliphatic heterocycles. The molecule has 0 aliphatic carbocycles. The van der Waals surface area contributed by atoms with Gasteiger partial charge in [0.2, 0.25) is 5.91 Å². The molecule has 32 heavy (non-hydrogen) atoms. The summed E-state index contributed by atoms with van der Waals surface area (Å²) in [5.41, 5.74) is 3.19. The molecule has 1 atom stereocenters. The predicted octanol–water partition coefficient (Wildman–Crippen LogP) is 5.22. The van der Waals surface area contributed by atoms with Gasteiger partial charge in [0, 0.05) is 13.1 Å². The maximum Gasteiger partial charge on any atom is 0.261 e. The fourth-order valence-electron chi connectivity index (χ4n) is 3.71. The van der Waals surface area contributed by atoms with Crippen molar-refractivity contribution in [2.24, 2.45) is 0 Å². The molecular weight excluding hydrogens is 400 g/mol. The van der Waals surface area contributed by atoms with E-state index in [4.69, 9.17) is 4.74 Å². The molecule has 2 rings (SSSR count). The monoisotopic (exact) mass is 438 g/mol. The van der Waals surface area contributed by atoms with E-state index >= 15 is 0 Å². The van der Waals surface area contributed by atoms with Gasteiger partial charge >= 0.3 is 0 Å². The lowest BCUT2D eigenvalue weighted by Gasteiger charge is -2.31. The van der Waals surface area contributed by atoms with Crippen molar-refractivity contribution in [3.8, 4) is 5.75 Å². The number of ether oxygens (including phenoxy) is 1. The Morgan fingerprint density at radius 1 is 1.03 bits per heavy atom. The highest BCUT2D eigenvalue weighted by Crippen LogP contribution is 2.26. The van der Waals surface area contributed by atoms with Crippen molar-refractivity contribution in [1.29, 1.82) is 0 Å². The molecule has 2 amide bonds. The summed E-state index contributed by atoms with van der Waals surface area (Å²) in [6.45, 7) is 11.1. The molecule has 2 aromatic carbocycles. The Labute approximate surface area is 193 Å². The van der Waals surface area contributed by atoms with E-state index in [1.165, 1.54) is 0 Å². The fourth-order valence-corrected chi connectivity index (χ4v) is 3.71. The number of unbranched alkanes of at least 4 members (excludes halogenated alkanes) is 1. The first-order valence-corrected chi connectivity index (χ1v) is 11.7. The summed E-state index contributed by atoms with van der Waals surface area (Å²) in [4.78, 5) is 28.0. The van der Waals surface area contributed by atoms with Crippen LogP contribution in [0.3, 0.4) is 0 Å². The SMILES string of the molecule is CCCCNC(=O)C(CC)N(Cc1ccccc1C)C(=O)COc1ccccc1C(C)C. The van der Waals surface area contributed by atoms with Crippen LogP contribution >= 0.6 is 0 Å². The molecule has 1 unspecified atom stereocenters. The summed E-state index contributed by atoms with van der Waals surface area (Å²) in [5, 5.41) is 2.99. The number of rotatable bonds is 12. The largest absolute Gasteiger partial charge is 0.483 e. The van der Waals surface area contributed by atoms with E-state index < -0.39 is 6.04 Å². The van der Waals surface area contributed by atoms with E-state index in [9.17, 15) is 9.59 Å². The first kappa shape index (κ1) is 25.4. The Kier molecular flexibility index (Phi) is 10.3. The number of carbonyl (C=O) groups is 2. The van der Waals surface area contributed by atoms with Crippen molar-refractivity contribution in [2.45, 2.75) is 72.4 Å². The molecule has 0 aromatic heterocycles. The lowest BCUT2D eigenvalue weighted by Crippen LogP contribution is -2.50. The van der Waals surface area contributed by atoms with Crippen LogP contribution in [0.1, 0.15) is 69.6 Å². The molecule has 1 N–H and O–H groups in total. The Morgan fingerprint density at radius 2 is 1.72 bits per heavy atom. The van der Waals surface area contributed by atoms with Crippen molar-refractivity contribution in [3.05, 3.63) is 65.2 Å². The van der Waals surface area contributed by atoms with E-state index in [1.807, 2.05) is 62.4 Å². The number of para-hydroxylation sites is 1. The van der Waals surface area contributed by atoms with E-state index in [0.29, 0.717) is 25.3 Å². The zero-order valence-electron chi connectivity index (χ0n) is 20.2. The maximum atomic E-state index is 13.4. The third-order valence-corrected chi connectivity index (χ3v) is 5.71. The Balaban J connectivity index is 2.23. The van der Waals surface area contributed by atoms with Gasteiger partial charge in [-0.15, -0.1) is 0 Å². The van der Waals surface area contributed by atoms with E-state index in [2.05, 4.69) is 26.1 Å². The second kappa shape index (κ2) is 12.9. The Bertz CT molecular complexity index is 879. The molecule has 174 valence electrons. The van der Waals surface area contributed by atoms with E-state index in [-0.39, 0.29) is 24.3 Å². The number of aryl methyl sites for hydroxylation is 1. The molecule has 5 nitrogen and oxygen atoms in total. The summed E-state index contributed by atoms with van der Waals surface area (Å²) in [5.74, 6) is 0.707. The Morgan fingerprint density at radius 3 is 2.38 bits per heavy atom. The maximum absolute atomic E-state index is 13.4. The zero-order valence-corrected chi connectivity index (χ0v) is 20.2. The number of nitrogens with one attached hydrogen (secondary N) is 1. The quantitative estimate of drug-likeness (QED) is 0.462. The van der Waals surface area contributed by atoms with Crippen LogP contribution in [0.15, 0.2) is 48.5 Å². The molecule has 0 bridgehead atoms. The lowest BCUT2D eigenvalue weighted by molar-refractivity contribution is -0.143. The normalized spacial score (nSPS) is 11.8. The Hall–Kier alpha value is -2.82. The number of hydrogen-bond donors (Lipinski definition) is 1. The highest BCUT2D eigenvalue weighted by molar-refractivity contribution is 5.88. The average Bonchev–Trinajstić information content (AvgIpc) is 2.78. The van der Waals surface area contributed by atoms with Crippen molar-refractivity contribution in [1.82, 2.24) is 10.2 Å². The summed E-state index contributed by atoms with van der Waals surface area (Å²) >= 11 is 0. The van der Waals surface area contributed by atoms with E-state index in [1.54, 1.807) is 4.90 Å². The van der Waals surface area contributed by atoms with Crippen molar-refractivity contribution >= 4 is 11.8 Å². The van der Waals surface area contributed by atoms with Gasteiger partial charge in [0.1, 0.15) is 11.8 Å². The van der Waals surface area contributed by atoms with Crippen LogP contribution in [0, 0.1) is 6.92 Å². The summed E-state index contributed by atoms with van der Waals surface area (Å²) < 4.78 is 5.96. The smallest absolute Gasteiger partial charge is 0.261 e. The van der Waals surface area contributed by atoms with Crippen LogP contribution in [0.5, 0.6) is 5.75 Å². The number of carbonyl (C=O) groups excluding carboxylic acids is 2. The first-order chi connectivity index (χ1) is 15.4. The molecule has 0 heterocycles. The van der Waals surface area contributed by atoms with Crippen molar-refractivity contribution in [2.75, 3.05) is 13.2 Å². The fraction of sp³-hybridized carbons (Fsp3) is 0.481. The minimum Gasteiger partial charge on any atom is -0.483 e. The second-order valence-corrected chi connectivity index (χ2v) is 8.50. The molecule has 0 radical (unpaired) electrons. The highest BCUT2D eigenvalue weighted by Gasteiger charge is 2.29. The first-order valence-electron chi connectivity index (χ1n) is 11.7. The number of hydrogen-bond acceptors (Lipinski definition) is 3. The van der Waals surface area contributed by atoms with Gasteiger partial charge in [0.05, 0.1) is 0 Å². The van der Waals surface area contributed by atoms with Crippen LogP contribution in [0.2, 0.25) is 0 Å². The number of nitrogens with zero attached hydrogens (tertiary/aromatic N) is 1. The van der Waals surface area contributed by atoms with Crippen molar-refractivity contribution in [3.63, 3.8) is 0 Å². The van der Waals surface area contributed by atoms with Crippen LogP contribution < -0.4 is 10.1 Å². The number of amides is 2. The number of benzene rings is 2. The van der Waals surface area contributed by atoms with Crippen LogP contribution in [0.25, 0.3) is 0 Å². The van der Waals surface area contributed by atoms with Crippen LogP contribution in [0.4, 0.5) is 0 Å². The molecule has 0 spiro atoms. The zero-order chi connectivity index (χ0) is 23.5. The standard InChI is InChI=1S/C27H38N2O3/c1-6-8-17-28-27(31)24(7-2)29(18-22-14-10-9-13-21(22)5)26(30)19-32-25-16-12-11-15-23(25)20(3)4/h9-16,20,24H,6-8,17-19H2,1-5H3,(H,28,31). The molecular formula is C27H38N2O3. The third kappa shape index (κ3) is 7.11. The van der Waals surface area contributed by atoms with E-state index in [0.717, 1.165) is 29.5 Å². The van der Waals surface area contributed by atoms with Gasteiger partial charge in [-0.05, 0) is 48.4 Å². The second-order valence-electron chi connectivity index (χ2n) is 8.50.